The fourth-order valence-electron chi connectivity index (χ4n) is 4.27. The van der Waals surface area contributed by atoms with Gasteiger partial charge in [-0.05, 0) is 34.9 Å². The number of thiol groups is 1. The van der Waals surface area contributed by atoms with E-state index in [0.717, 1.165) is 5.56 Å². The number of aliphatic hydroxyl groups excluding tert-OH is 2. The molecule has 10 heteroatoms. The minimum atomic E-state index is -0.846. The number of benzene rings is 3. The topological polar surface area (TPSA) is 116 Å². The van der Waals surface area contributed by atoms with Gasteiger partial charge in [-0.2, -0.15) is 0 Å². The first-order valence-corrected chi connectivity index (χ1v) is 12.3. The summed E-state index contributed by atoms with van der Waals surface area (Å²) in [4.78, 5) is 27.3. The monoisotopic (exact) mass is 547 g/mol. The van der Waals surface area contributed by atoms with Gasteiger partial charge in [-0.25, -0.2) is 0 Å². The molecule has 190 valence electrons. The predicted octanol–water partition coefficient (Wildman–Crippen LogP) is 3.73. The average Bonchev–Trinajstić information content (AvgIpc) is 2.88. The Morgan fingerprint density at radius 2 is 1.69 bits per heavy atom. The van der Waals surface area contributed by atoms with Crippen LogP contribution in [0.15, 0.2) is 72.8 Å². The Balaban J connectivity index is 0.000000383. The molecule has 1 heterocycles. The van der Waals surface area contributed by atoms with Gasteiger partial charge >= 0.3 is 0 Å². The predicted molar refractivity (Wildman–Crippen MR) is 144 cm³/mol. The van der Waals surface area contributed by atoms with Gasteiger partial charge in [0.25, 0.3) is 5.91 Å². The lowest BCUT2D eigenvalue weighted by Crippen LogP contribution is -2.54. The molecule has 3 atom stereocenters. The van der Waals surface area contributed by atoms with Crippen LogP contribution in [0.2, 0.25) is 10.0 Å². The van der Waals surface area contributed by atoms with Gasteiger partial charge in [0.05, 0.1) is 31.2 Å². The van der Waals surface area contributed by atoms with Crippen LogP contribution in [0.4, 0.5) is 0 Å². The molecule has 1 aliphatic rings. The number of carbonyl (C=O) groups excluding carboxylic acids is 2. The summed E-state index contributed by atoms with van der Waals surface area (Å²) < 4.78 is 2.67. The molecule has 36 heavy (non-hydrogen) atoms. The number of amides is 2. The Hall–Kier alpha value is -2.59. The summed E-state index contributed by atoms with van der Waals surface area (Å²) in [7, 11) is 0. The lowest BCUT2D eigenvalue weighted by atomic mass is 9.78. The highest BCUT2D eigenvalue weighted by Gasteiger charge is 2.46. The number of nitrogens with zero attached hydrogens (tertiary/aromatic N) is 1. The number of fused-ring (bicyclic) bond motifs is 1. The molecule has 3 aromatic carbocycles. The van der Waals surface area contributed by atoms with E-state index >= 15 is 0 Å². The minimum absolute atomic E-state index is 0.140. The highest BCUT2D eigenvalue weighted by atomic mass is 35.5. The molecule has 5 N–H and O–H groups in total. The Bertz CT molecular complexity index is 1200. The fourth-order valence-corrected chi connectivity index (χ4v) is 5.00. The molecule has 4 rings (SSSR count). The highest BCUT2D eigenvalue weighted by Crippen LogP contribution is 2.45. The van der Waals surface area contributed by atoms with Gasteiger partial charge in [-0.3, -0.25) is 14.3 Å². The maximum absolute atomic E-state index is 13.4. The van der Waals surface area contributed by atoms with Crippen LogP contribution in [0, 0.1) is 0 Å². The smallest absolute Gasteiger partial charge is 0.255 e. The fraction of sp³-hybridized carbons (Fsp3) is 0.231. The van der Waals surface area contributed by atoms with Gasteiger partial charge in [-0.15, -0.1) is 0 Å². The van der Waals surface area contributed by atoms with Crippen LogP contribution in [0.3, 0.4) is 0 Å². The summed E-state index contributed by atoms with van der Waals surface area (Å²) in [6.07, 6.45) is 0. The largest absolute Gasteiger partial charge is 0.394 e. The second kappa shape index (κ2) is 13.1. The van der Waals surface area contributed by atoms with E-state index in [1.165, 1.54) is 4.90 Å². The Morgan fingerprint density at radius 3 is 2.25 bits per heavy atom. The number of rotatable bonds is 7. The summed E-state index contributed by atoms with van der Waals surface area (Å²) >= 11 is 16.5. The minimum Gasteiger partial charge on any atom is -0.394 e. The van der Waals surface area contributed by atoms with Crippen molar-refractivity contribution in [2.75, 3.05) is 13.2 Å². The van der Waals surface area contributed by atoms with Crippen molar-refractivity contribution < 1.29 is 19.8 Å². The molecule has 3 unspecified atom stereocenters. The van der Waals surface area contributed by atoms with E-state index in [2.05, 4.69) is 17.5 Å². The van der Waals surface area contributed by atoms with Gasteiger partial charge in [0.15, 0.2) is 0 Å². The van der Waals surface area contributed by atoms with E-state index in [1.54, 1.807) is 42.5 Å². The summed E-state index contributed by atoms with van der Waals surface area (Å²) in [5.74, 6) is -1.77. The Labute approximate surface area is 225 Å². The van der Waals surface area contributed by atoms with Crippen molar-refractivity contribution >= 4 is 47.8 Å². The highest BCUT2D eigenvalue weighted by molar-refractivity contribution is 7.78. The van der Waals surface area contributed by atoms with Crippen LogP contribution in [0.1, 0.15) is 39.0 Å². The zero-order valence-corrected chi connectivity index (χ0v) is 21.6. The van der Waals surface area contributed by atoms with Crippen LogP contribution >= 0.6 is 36.0 Å². The first-order chi connectivity index (χ1) is 17.3. The second-order valence-electron chi connectivity index (χ2n) is 8.13. The molecule has 0 radical (unpaired) electrons. The molecular weight excluding hydrogens is 521 g/mol. The van der Waals surface area contributed by atoms with Crippen molar-refractivity contribution in [1.82, 2.24) is 9.62 Å². The summed E-state index contributed by atoms with van der Waals surface area (Å²) in [6.45, 7) is -0.00376. The number of nitrogens with two attached hydrogens (primary N) is 1. The molecule has 7 nitrogen and oxygen atoms in total. The second-order valence-corrected chi connectivity index (χ2v) is 9.29. The van der Waals surface area contributed by atoms with Crippen molar-refractivity contribution in [1.29, 1.82) is 0 Å². The van der Waals surface area contributed by atoms with Crippen LogP contribution in [0.25, 0.3) is 0 Å². The van der Waals surface area contributed by atoms with Gasteiger partial charge in [0.2, 0.25) is 5.91 Å². The first-order valence-electron chi connectivity index (χ1n) is 11.1. The van der Waals surface area contributed by atoms with Crippen molar-refractivity contribution in [3.05, 3.63) is 105 Å². The normalized spacial score (nSPS) is 17.6. The number of hydrogen-bond donors (Lipinski definition) is 5. The third-order valence-electron chi connectivity index (χ3n) is 5.92. The third kappa shape index (κ3) is 6.21. The molecule has 0 spiro atoms. The molecule has 0 saturated carbocycles. The van der Waals surface area contributed by atoms with Crippen molar-refractivity contribution in [3.8, 4) is 0 Å². The quantitative estimate of drug-likeness (QED) is 0.289. The molecule has 1 aliphatic heterocycles. The number of halogens is 2. The van der Waals surface area contributed by atoms with Crippen LogP contribution in [-0.4, -0.2) is 46.1 Å². The Kier molecular flexibility index (Phi) is 10.2. The number of carbonyl (C=O) groups is 2. The van der Waals surface area contributed by atoms with Crippen LogP contribution in [0.5, 0.6) is 0 Å². The van der Waals surface area contributed by atoms with Gasteiger partial charge in [-0.1, -0.05) is 90.6 Å². The maximum Gasteiger partial charge on any atom is 0.255 e. The molecule has 0 saturated heterocycles. The molecular formula is C26H27Cl2N3O4S. The summed E-state index contributed by atoms with van der Waals surface area (Å²) in [5, 5.41) is 19.2. The lowest BCUT2D eigenvalue weighted by molar-refractivity contribution is -0.121. The van der Waals surface area contributed by atoms with Crippen LogP contribution < -0.4 is 10.5 Å². The standard InChI is InChI=1S/C19H19Cl2N3O3S.C7H8O/c20-10-5-6-14(15(21)7-10)17-16(18(22)26)12-3-1-2-4-13(12)19(27)24(17)11(9-25)8-23-28;8-6-7-4-2-1-3-5-7/h1-7,11,16-17,23,25,28H,8-9H2,(H2,22,26);1-5,8H,6H2. The third-order valence-corrected chi connectivity index (χ3v) is 6.67. The van der Waals surface area contributed by atoms with Crippen molar-refractivity contribution in [3.63, 3.8) is 0 Å². The summed E-state index contributed by atoms with van der Waals surface area (Å²) in [6, 6.07) is 19.7. The average molecular weight is 548 g/mol. The molecule has 0 aliphatic carbocycles. The van der Waals surface area contributed by atoms with E-state index in [1.807, 2.05) is 30.3 Å². The van der Waals surface area contributed by atoms with E-state index in [-0.39, 0.29) is 25.7 Å². The zero-order valence-electron chi connectivity index (χ0n) is 19.2. The van der Waals surface area contributed by atoms with Gasteiger partial charge < -0.3 is 20.8 Å². The molecule has 2 amide bonds. The Morgan fingerprint density at radius 1 is 1.03 bits per heavy atom. The van der Waals surface area contributed by atoms with Crippen LogP contribution in [-0.2, 0) is 11.4 Å². The first kappa shape index (κ1) is 28.0. The molecule has 3 aromatic rings. The van der Waals surface area contributed by atoms with E-state index in [9.17, 15) is 14.7 Å². The zero-order chi connectivity index (χ0) is 26.2. The van der Waals surface area contributed by atoms with Gasteiger partial charge in [0.1, 0.15) is 0 Å². The number of primary amides is 1. The van der Waals surface area contributed by atoms with E-state index < -0.39 is 23.9 Å². The molecule has 0 bridgehead atoms. The summed E-state index contributed by atoms with van der Waals surface area (Å²) in [5.41, 5.74) is 8.16. The van der Waals surface area contributed by atoms with Crippen molar-refractivity contribution in [2.24, 2.45) is 5.73 Å². The van der Waals surface area contributed by atoms with Gasteiger partial charge in [0, 0.05) is 22.2 Å². The molecule has 0 aromatic heterocycles. The maximum atomic E-state index is 13.4. The molecule has 0 fully saturated rings. The number of aliphatic hydroxyl groups is 2. The lowest BCUT2D eigenvalue weighted by Gasteiger charge is -2.45. The number of nitrogens with one attached hydrogen (secondary N) is 1. The van der Waals surface area contributed by atoms with Crippen molar-refractivity contribution in [2.45, 2.75) is 24.6 Å². The van der Waals surface area contributed by atoms with E-state index in [4.69, 9.17) is 34.0 Å². The SMILES string of the molecule is NC(=O)C1c2ccccc2C(=O)N(C(CO)CNS)C1c1ccc(Cl)cc1Cl.OCc1ccccc1. The number of hydrogen-bond acceptors (Lipinski definition) is 6. The van der Waals surface area contributed by atoms with E-state index in [0.29, 0.717) is 26.7 Å².